The van der Waals surface area contributed by atoms with Crippen molar-refractivity contribution in [3.8, 4) is 0 Å². The van der Waals surface area contributed by atoms with E-state index in [0.717, 1.165) is 6.42 Å². The number of nitrogens with zero attached hydrogens (tertiary/aromatic N) is 1. The lowest BCUT2D eigenvalue weighted by atomic mass is 9.96. The summed E-state index contributed by atoms with van der Waals surface area (Å²) in [5.41, 5.74) is 0. The molecule has 1 saturated heterocycles. The molecule has 0 bridgehead atoms. The lowest BCUT2D eigenvalue weighted by Crippen LogP contribution is -2.65. The maximum absolute atomic E-state index is 12.3. The summed E-state index contributed by atoms with van der Waals surface area (Å²) in [6, 6.07) is -0.755. The second kappa shape index (κ2) is 7.48. The van der Waals surface area contributed by atoms with Gasteiger partial charge in [-0.3, -0.25) is 9.59 Å². The maximum Gasteiger partial charge on any atom is 0.245 e. The molecule has 1 heterocycles. The van der Waals surface area contributed by atoms with E-state index in [0.29, 0.717) is 26.2 Å². The number of nitrogens with one attached hydrogen (secondary N) is 1. The van der Waals surface area contributed by atoms with E-state index in [1.54, 1.807) is 4.90 Å². The minimum atomic E-state index is -0.381. The molecule has 2 unspecified atom stereocenters. The fraction of sp³-hybridized carbons (Fsp3) is 0.857. The van der Waals surface area contributed by atoms with Gasteiger partial charge in [0.1, 0.15) is 12.1 Å². The molecule has 1 rings (SSSR count). The first-order valence-corrected chi connectivity index (χ1v) is 7.21. The molecule has 110 valence electrons. The van der Waals surface area contributed by atoms with Crippen LogP contribution in [0.3, 0.4) is 0 Å². The third kappa shape index (κ3) is 3.93. The van der Waals surface area contributed by atoms with E-state index in [2.05, 4.69) is 5.32 Å². The molecule has 5 heteroatoms. The number of hydrogen-bond donors (Lipinski definition) is 1. The second-order valence-corrected chi connectivity index (χ2v) is 5.30. The summed E-state index contributed by atoms with van der Waals surface area (Å²) in [5, 5.41) is 2.81. The summed E-state index contributed by atoms with van der Waals surface area (Å²) in [7, 11) is 0. The average molecular weight is 270 g/mol. The molecule has 0 aromatic heterocycles. The van der Waals surface area contributed by atoms with Gasteiger partial charge in [0.2, 0.25) is 11.8 Å². The Morgan fingerprint density at radius 2 is 1.95 bits per heavy atom. The van der Waals surface area contributed by atoms with Crippen molar-refractivity contribution in [1.82, 2.24) is 10.2 Å². The van der Waals surface area contributed by atoms with Crippen molar-refractivity contribution in [1.29, 1.82) is 0 Å². The Hall–Kier alpha value is -1.10. The Morgan fingerprint density at radius 1 is 1.26 bits per heavy atom. The van der Waals surface area contributed by atoms with E-state index in [1.165, 1.54) is 0 Å². The van der Waals surface area contributed by atoms with E-state index in [4.69, 9.17) is 4.74 Å². The van der Waals surface area contributed by atoms with Crippen LogP contribution in [0.5, 0.6) is 0 Å². The standard InChI is InChI=1S/C14H26N2O3/c1-5-8-19-9-7-16-12(10(3)4)13(17)15-11(6-2)14(16)18/h10-12H,5-9H2,1-4H3,(H,15,17). The van der Waals surface area contributed by atoms with Crippen LogP contribution in [-0.4, -0.2) is 48.6 Å². The predicted octanol–water partition coefficient (Wildman–Crippen LogP) is 1.17. The molecule has 19 heavy (non-hydrogen) atoms. The number of carbonyl (C=O) groups excluding carboxylic acids is 2. The highest BCUT2D eigenvalue weighted by atomic mass is 16.5. The van der Waals surface area contributed by atoms with Crippen molar-refractivity contribution in [2.24, 2.45) is 5.92 Å². The van der Waals surface area contributed by atoms with Gasteiger partial charge in [-0.2, -0.15) is 0 Å². The first kappa shape index (κ1) is 16.0. The first-order valence-electron chi connectivity index (χ1n) is 7.21. The summed E-state index contributed by atoms with van der Waals surface area (Å²) in [5.74, 6) is 0.0748. The monoisotopic (exact) mass is 270 g/mol. The molecule has 1 aliphatic heterocycles. The lowest BCUT2D eigenvalue weighted by Gasteiger charge is -2.40. The zero-order valence-electron chi connectivity index (χ0n) is 12.4. The molecule has 1 N–H and O–H groups in total. The number of hydrogen-bond acceptors (Lipinski definition) is 3. The van der Waals surface area contributed by atoms with Gasteiger partial charge < -0.3 is 15.0 Å². The van der Waals surface area contributed by atoms with Gasteiger partial charge in [0.25, 0.3) is 0 Å². The predicted molar refractivity (Wildman–Crippen MR) is 73.7 cm³/mol. The SMILES string of the molecule is CCCOCCN1C(=O)C(CC)NC(=O)C1C(C)C. The summed E-state index contributed by atoms with van der Waals surface area (Å²) in [6.45, 7) is 9.55. The smallest absolute Gasteiger partial charge is 0.245 e. The second-order valence-electron chi connectivity index (χ2n) is 5.30. The number of ether oxygens (including phenoxy) is 1. The van der Waals surface area contributed by atoms with Gasteiger partial charge >= 0.3 is 0 Å². The van der Waals surface area contributed by atoms with E-state index < -0.39 is 0 Å². The summed E-state index contributed by atoms with van der Waals surface area (Å²) >= 11 is 0. The molecule has 0 saturated carbocycles. The zero-order chi connectivity index (χ0) is 14.4. The van der Waals surface area contributed by atoms with Gasteiger partial charge in [-0.15, -0.1) is 0 Å². The van der Waals surface area contributed by atoms with Crippen LogP contribution < -0.4 is 5.32 Å². The van der Waals surface area contributed by atoms with Gasteiger partial charge in [-0.1, -0.05) is 27.7 Å². The Balaban J connectivity index is 2.72. The van der Waals surface area contributed by atoms with Crippen LogP contribution in [-0.2, 0) is 14.3 Å². The van der Waals surface area contributed by atoms with Crippen molar-refractivity contribution in [3.05, 3.63) is 0 Å². The normalized spacial score (nSPS) is 23.9. The molecule has 5 nitrogen and oxygen atoms in total. The van der Waals surface area contributed by atoms with Crippen molar-refractivity contribution in [2.75, 3.05) is 19.8 Å². The molecular weight excluding hydrogens is 244 g/mol. The van der Waals surface area contributed by atoms with Crippen LogP contribution in [0, 0.1) is 5.92 Å². The minimum absolute atomic E-state index is 0.0147. The molecule has 0 spiro atoms. The number of rotatable bonds is 7. The van der Waals surface area contributed by atoms with Crippen molar-refractivity contribution >= 4 is 11.8 Å². The first-order chi connectivity index (χ1) is 9.02. The van der Waals surface area contributed by atoms with Crippen molar-refractivity contribution in [3.63, 3.8) is 0 Å². The highest BCUT2D eigenvalue weighted by Crippen LogP contribution is 2.18. The third-order valence-electron chi connectivity index (χ3n) is 3.37. The van der Waals surface area contributed by atoms with Gasteiger partial charge in [-0.25, -0.2) is 0 Å². The van der Waals surface area contributed by atoms with Crippen LogP contribution >= 0.6 is 0 Å². The van der Waals surface area contributed by atoms with Crippen LogP contribution in [0.2, 0.25) is 0 Å². The average Bonchev–Trinajstić information content (AvgIpc) is 2.37. The fourth-order valence-electron chi connectivity index (χ4n) is 2.40. The number of carbonyl (C=O) groups is 2. The number of piperazine rings is 1. The van der Waals surface area contributed by atoms with Crippen LogP contribution in [0.1, 0.15) is 40.5 Å². The molecule has 0 radical (unpaired) electrons. The van der Waals surface area contributed by atoms with E-state index in [9.17, 15) is 9.59 Å². The topological polar surface area (TPSA) is 58.6 Å². The molecule has 2 atom stereocenters. The highest BCUT2D eigenvalue weighted by molar-refractivity contribution is 5.97. The van der Waals surface area contributed by atoms with Gasteiger partial charge in [-0.05, 0) is 18.8 Å². The van der Waals surface area contributed by atoms with Gasteiger partial charge in [0.05, 0.1) is 6.61 Å². The van der Waals surface area contributed by atoms with Crippen LogP contribution in [0.4, 0.5) is 0 Å². The molecule has 2 amide bonds. The Bertz CT molecular complexity index is 318. The van der Waals surface area contributed by atoms with Crippen molar-refractivity contribution in [2.45, 2.75) is 52.6 Å². The van der Waals surface area contributed by atoms with Crippen molar-refractivity contribution < 1.29 is 14.3 Å². The summed E-state index contributed by atoms with van der Waals surface area (Å²) < 4.78 is 5.44. The van der Waals surface area contributed by atoms with Gasteiger partial charge in [0, 0.05) is 13.2 Å². The largest absolute Gasteiger partial charge is 0.380 e. The molecule has 1 fully saturated rings. The number of amides is 2. The molecule has 0 aliphatic carbocycles. The molecular formula is C14H26N2O3. The van der Waals surface area contributed by atoms with Crippen LogP contribution in [0.15, 0.2) is 0 Å². The zero-order valence-corrected chi connectivity index (χ0v) is 12.4. The van der Waals surface area contributed by atoms with E-state index >= 15 is 0 Å². The highest BCUT2D eigenvalue weighted by Gasteiger charge is 2.40. The van der Waals surface area contributed by atoms with E-state index in [-0.39, 0.29) is 29.8 Å². The lowest BCUT2D eigenvalue weighted by molar-refractivity contribution is -0.152. The minimum Gasteiger partial charge on any atom is -0.380 e. The Labute approximate surface area is 115 Å². The third-order valence-corrected chi connectivity index (χ3v) is 3.37. The molecule has 0 aromatic carbocycles. The molecule has 1 aliphatic rings. The fourth-order valence-corrected chi connectivity index (χ4v) is 2.40. The summed E-state index contributed by atoms with van der Waals surface area (Å²) in [6.07, 6.45) is 1.58. The Morgan fingerprint density at radius 3 is 2.47 bits per heavy atom. The Kier molecular flexibility index (Phi) is 6.28. The maximum atomic E-state index is 12.3. The van der Waals surface area contributed by atoms with Gasteiger partial charge in [0.15, 0.2) is 0 Å². The quantitative estimate of drug-likeness (QED) is 0.707. The van der Waals surface area contributed by atoms with E-state index in [1.807, 2.05) is 27.7 Å². The van der Waals surface area contributed by atoms with Crippen LogP contribution in [0.25, 0.3) is 0 Å². The summed E-state index contributed by atoms with van der Waals surface area (Å²) in [4.78, 5) is 26.1. The molecule has 0 aromatic rings.